The number of carbonyl (C=O) groups excluding carboxylic acids is 3. The lowest BCUT2D eigenvalue weighted by molar-refractivity contribution is 0.0748. The molecule has 0 spiro atoms. The maximum atomic E-state index is 13.1. The molecular weight excluding hydrogens is 1130 g/mol. The number of methoxy groups -OCH3 is 1. The smallest absolute Gasteiger partial charge is 0.253 e. The van der Waals surface area contributed by atoms with Gasteiger partial charge in [-0.25, -0.2) is 21.2 Å². The molecule has 1 aliphatic rings. The number of amides is 3. The van der Waals surface area contributed by atoms with E-state index in [0.717, 1.165) is 113 Å². The molecule has 5 aromatic rings. The monoisotopic (exact) mass is 1230 g/mol. The highest BCUT2D eigenvalue weighted by molar-refractivity contribution is 7.92. The lowest BCUT2D eigenvalue weighted by atomic mass is 9.99. The van der Waals surface area contributed by atoms with Gasteiger partial charge in [0.15, 0.2) is 0 Å². The molecule has 1 N–H and O–H groups in total. The van der Waals surface area contributed by atoms with Crippen LogP contribution in [0.5, 0.6) is 11.5 Å². The van der Waals surface area contributed by atoms with Crippen molar-refractivity contribution < 1.29 is 45.1 Å². The van der Waals surface area contributed by atoms with Gasteiger partial charge in [-0.2, -0.15) is 0 Å². The third kappa shape index (κ3) is 23.7. The van der Waals surface area contributed by atoms with E-state index in [-0.39, 0.29) is 35.5 Å². The fourth-order valence-corrected chi connectivity index (χ4v) is 10.1. The topological polar surface area (TPSA) is 163 Å². The highest BCUT2D eigenvalue weighted by Gasteiger charge is 2.33. The molecule has 3 amide bonds. The Hall–Kier alpha value is -6.46. The number of benzene rings is 5. The minimum atomic E-state index is -3.44. The number of carbonyl (C=O) groups is 3. The van der Waals surface area contributed by atoms with Crippen LogP contribution in [0, 0.1) is 17.7 Å². The molecule has 0 radical (unpaired) electrons. The van der Waals surface area contributed by atoms with Crippen molar-refractivity contribution in [2.45, 2.75) is 159 Å². The summed E-state index contributed by atoms with van der Waals surface area (Å²) < 4.78 is 73.9. The maximum Gasteiger partial charge on any atom is 0.253 e. The summed E-state index contributed by atoms with van der Waals surface area (Å²) in [5.41, 5.74) is 8.11. The molecule has 6 rings (SSSR count). The van der Waals surface area contributed by atoms with Crippen LogP contribution >= 0.6 is 0 Å². The molecule has 0 aromatic heterocycles. The molecule has 0 saturated heterocycles. The Bertz CT molecular complexity index is 3170. The number of rotatable bonds is 25. The zero-order valence-corrected chi connectivity index (χ0v) is 56.7. The minimum absolute atomic E-state index is 0.106. The van der Waals surface area contributed by atoms with Gasteiger partial charge in [0.1, 0.15) is 17.3 Å². The number of anilines is 2. The summed E-state index contributed by atoms with van der Waals surface area (Å²) in [6.45, 7) is 33.1. The van der Waals surface area contributed by atoms with Gasteiger partial charge in [0.2, 0.25) is 20.0 Å². The fourth-order valence-electron chi connectivity index (χ4n) is 9.12. The second kappa shape index (κ2) is 34.8. The van der Waals surface area contributed by atoms with Crippen molar-refractivity contribution in [1.82, 2.24) is 15.1 Å². The van der Waals surface area contributed by atoms with Gasteiger partial charge in [-0.15, -0.1) is 0 Å². The molecule has 1 fully saturated rings. The lowest BCUT2D eigenvalue weighted by Crippen LogP contribution is -2.32. The Morgan fingerprint density at radius 2 is 0.965 bits per heavy atom. The van der Waals surface area contributed by atoms with Crippen LogP contribution in [0.3, 0.4) is 0 Å². The Morgan fingerprint density at radius 3 is 1.41 bits per heavy atom. The van der Waals surface area contributed by atoms with E-state index in [1.807, 2.05) is 72.2 Å². The van der Waals surface area contributed by atoms with Crippen LogP contribution in [0.1, 0.15) is 218 Å². The summed E-state index contributed by atoms with van der Waals surface area (Å²) >= 11 is 0. The molecular formula is C69H102FN5O9S2. The first-order valence-corrected chi connectivity index (χ1v) is 34.2. The third-order valence-electron chi connectivity index (χ3n) is 15.1. The zero-order valence-electron chi connectivity index (χ0n) is 55.1. The summed E-state index contributed by atoms with van der Waals surface area (Å²) in [4.78, 5) is 41.7. The number of nitrogens with one attached hydrogen (secondary N) is 1. The minimum Gasteiger partial charge on any atom is -0.497 e. The second-order valence-electron chi connectivity index (χ2n) is 23.9. The molecule has 1 aliphatic carbocycles. The van der Waals surface area contributed by atoms with Gasteiger partial charge in [0.25, 0.3) is 17.7 Å². The standard InChI is InChI=1S/C20H25FN2O3S.C17H27NO2.C16H25NO3S.C16H25NO/c1-13(2)16-10-17(12-19(11-16)23(4)27(5,25)26)20(24)22-14(3)15-6-8-18(21)9-7-15;1-6-8-18(9-7-2)17(19)15-10-14(13(3)4)11-16(12-15)20-5;1-11(2)13-7-15(17(4)21(5,18)19)9-16(8-13)20-10-14-6-12(14)3;1-5-10-17(11-6-2)16(18)15-9-7-8-14(12-15)13(3)4/h6-14H,1-5H3,(H,22,24);10-13H,6-9H2,1-5H3;7-9,11-12,14H,6,10H2,1-5H3;7-9,12-13H,5-6,10-11H2,1-4H3/t14-;;;/m1.../s1. The number of hydrogen-bond donors (Lipinski definition) is 1. The number of halogens is 1. The van der Waals surface area contributed by atoms with E-state index in [0.29, 0.717) is 47.2 Å². The van der Waals surface area contributed by atoms with Crippen LogP contribution in [0.25, 0.3) is 0 Å². The summed E-state index contributed by atoms with van der Waals surface area (Å²) in [7, 11) is -2.04. The molecule has 17 heteroatoms. The SMILES string of the molecule is CC(C)c1cc(C(=O)N[C@H](C)c2ccc(F)cc2)cc(N(C)S(C)(=O)=O)c1.CC(C)c1cc(OCC2CC2C)cc(N(C)S(C)(=O)=O)c1.CCCN(CCC)C(=O)c1cc(OC)cc(C(C)C)c1.CCCN(CCC)C(=O)c1cccc(C(C)C)c1. The zero-order chi connectivity index (χ0) is 64.8. The second-order valence-corrected chi connectivity index (χ2v) is 27.9. The predicted molar refractivity (Wildman–Crippen MR) is 353 cm³/mol. The van der Waals surface area contributed by atoms with Crippen LogP contribution in [0.4, 0.5) is 15.8 Å². The first kappa shape index (κ1) is 73.8. The lowest BCUT2D eigenvalue weighted by Gasteiger charge is -2.22. The van der Waals surface area contributed by atoms with Crippen molar-refractivity contribution in [1.29, 1.82) is 0 Å². The van der Waals surface area contributed by atoms with Crippen LogP contribution < -0.4 is 23.4 Å². The van der Waals surface area contributed by atoms with Crippen molar-refractivity contribution in [3.05, 3.63) is 153 Å². The Morgan fingerprint density at radius 1 is 0.547 bits per heavy atom. The molecule has 2 unspecified atom stereocenters. The normalized spacial score (nSPS) is 14.0. The Kier molecular flexibility index (Phi) is 29.8. The molecule has 0 heterocycles. The molecule has 86 heavy (non-hydrogen) atoms. The van der Waals surface area contributed by atoms with E-state index >= 15 is 0 Å². The molecule has 3 atom stereocenters. The first-order valence-electron chi connectivity index (χ1n) is 30.5. The molecule has 1 saturated carbocycles. The van der Waals surface area contributed by atoms with Crippen molar-refractivity contribution in [2.75, 3.05) is 75.1 Å². The van der Waals surface area contributed by atoms with E-state index < -0.39 is 20.0 Å². The van der Waals surface area contributed by atoms with Crippen LogP contribution in [-0.4, -0.2) is 111 Å². The van der Waals surface area contributed by atoms with Crippen LogP contribution in [0.2, 0.25) is 0 Å². The van der Waals surface area contributed by atoms with E-state index in [9.17, 15) is 35.6 Å². The van der Waals surface area contributed by atoms with Crippen LogP contribution in [-0.2, 0) is 20.0 Å². The molecule has 476 valence electrons. The highest BCUT2D eigenvalue weighted by atomic mass is 32.2. The summed E-state index contributed by atoms with van der Waals surface area (Å²) in [6.07, 6.45) is 7.53. The molecule has 0 aliphatic heterocycles. The number of sulfonamides is 2. The summed E-state index contributed by atoms with van der Waals surface area (Å²) in [5.74, 6) is 3.80. The average molecular weight is 1230 g/mol. The van der Waals surface area contributed by atoms with Gasteiger partial charge >= 0.3 is 0 Å². The Balaban J connectivity index is 0.000000304. The van der Waals surface area contributed by atoms with E-state index in [2.05, 4.69) is 87.5 Å². The maximum absolute atomic E-state index is 13.1. The highest BCUT2D eigenvalue weighted by Crippen LogP contribution is 2.39. The van der Waals surface area contributed by atoms with Crippen molar-refractivity contribution in [2.24, 2.45) is 11.8 Å². The number of hydrogen-bond acceptors (Lipinski definition) is 9. The average Bonchev–Trinajstić information content (AvgIpc) is 4.27. The van der Waals surface area contributed by atoms with E-state index in [1.165, 1.54) is 41.7 Å². The third-order valence-corrected chi connectivity index (χ3v) is 17.5. The predicted octanol–water partition coefficient (Wildman–Crippen LogP) is 15.2. The van der Waals surface area contributed by atoms with Gasteiger partial charge in [-0.1, -0.05) is 114 Å². The summed E-state index contributed by atoms with van der Waals surface area (Å²) in [5, 5.41) is 2.87. The van der Waals surface area contributed by atoms with Gasteiger partial charge in [0, 0.05) is 63.0 Å². The van der Waals surface area contributed by atoms with Gasteiger partial charge in [-0.05, 0) is 175 Å². The van der Waals surface area contributed by atoms with Gasteiger partial charge in [-0.3, -0.25) is 23.0 Å². The molecule has 14 nitrogen and oxygen atoms in total. The van der Waals surface area contributed by atoms with Crippen LogP contribution in [0.15, 0.2) is 103 Å². The van der Waals surface area contributed by atoms with Crippen molar-refractivity contribution in [3.63, 3.8) is 0 Å². The van der Waals surface area contributed by atoms with E-state index in [4.69, 9.17) is 9.47 Å². The Labute approximate surface area is 517 Å². The fraction of sp³-hybridized carbons (Fsp3) is 0.522. The van der Waals surface area contributed by atoms with Crippen molar-refractivity contribution in [3.8, 4) is 11.5 Å². The largest absolute Gasteiger partial charge is 0.497 e. The summed E-state index contributed by atoms with van der Waals surface area (Å²) in [6, 6.07) is 30.3. The number of nitrogens with zero attached hydrogens (tertiary/aromatic N) is 4. The van der Waals surface area contributed by atoms with Gasteiger partial charge in [0.05, 0.1) is 43.6 Å². The molecule has 0 bridgehead atoms. The molecule has 5 aromatic carbocycles. The first-order chi connectivity index (χ1) is 40.3. The van der Waals surface area contributed by atoms with Crippen molar-refractivity contribution >= 4 is 49.1 Å². The number of ether oxygens (including phenoxy) is 2. The van der Waals surface area contributed by atoms with E-state index in [1.54, 1.807) is 57.5 Å². The van der Waals surface area contributed by atoms with Gasteiger partial charge < -0.3 is 24.6 Å². The quantitative estimate of drug-likeness (QED) is 0.0599.